The molecule has 0 aromatic heterocycles. The van der Waals surface area contributed by atoms with Crippen LogP contribution >= 0.6 is 0 Å². The maximum Gasteiger partial charge on any atom is 0.396 e. The van der Waals surface area contributed by atoms with Crippen molar-refractivity contribution in [3.8, 4) is 0 Å². The number of hydrogen-bond acceptors (Lipinski definition) is 3. The third-order valence-corrected chi connectivity index (χ3v) is 5.35. The Labute approximate surface area is 126 Å². The quantitative estimate of drug-likeness (QED) is 0.916. The lowest BCUT2D eigenvalue weighted by molar-refractivity contribution is -0.157. The first kappa shape index (κ1) is 16.8. The van der Waals surface area contributed by atoms with Gasteiger partial charge in [0.1, 0.15) is 0 Å². The summed E-state index contributed by atoms with van der Waals surface area (Å²) in [6.07, 6.45) is -5.04. The van der Waals surface area contributed by atoms with Gasteiger partial charge in [0, 0.05) is 12.5 Å². The molecule has 2 rings (SSSR count). The van der Waals surface area contributed by atoms with E-state index in [-0.39, 0.29) is 23.5 Å². The van der Waals surface area contributed by atoms with Crippen molar-refractivity contribution < 1.29 is 26.4 Å². The van der Waals surface area contributed by atoms with Crippen molar-refractivity contribution >= 4 is 15.7 Å². The number of halogens is 3. The summed E-state index contributed by atoms with van der Waals surface area (Å²) in [7, 11) is -3.19. The van der Waals surface area contributed by atoms with Crippen molar-refractivity contribution in [3.05, 3.63) is 35.9 Å². The molecule has 0 bridgehead atoms. The second-order valence-electron chi connectivity index (χ2n) is 5.38. The summed E-state index contributed by atoms with van der Waals surface area (Å²) in [5.74, 6) is -2.93. The highest BCUT2D eigenvalue weighted by atomic mass is 32.2. The van der Waals surface area contributed by atoms with Crippen LogP contribution in [0.3, 0.4) is 0 Å². The maximum atomic E-state index is 13.1. The Morgan fingerprint density at radius 3 is 2.41 bits per heavy atom. The number of nitrogens with one attached hydrogen (secondary N) is 1. The number of rotatable bonds is 4. The molecule has 1 aliphatic heterocycles. The number of benzene rings is 1. The summed E-state index contributed by atoms with van der Waals surface area (Å²) in [5, 5.41) is 2.39. The summed E-state index contributed by atoms with van der Waals surface area (Å²) in [6, 6.07) is 6.62. The number of alkyl halides is 3. The van der Waals surface area contributed by atoms with Gasteiger partial charge in [0.05, 0.1) is 17.4 Å². The van der Waals surface area contributed by atoms with Gasteiger partial charge in [0.25, 0.3) is 0 Å². The Balaban J connectivity index is 2.04. The van der Waals surface area contributed by atoms with E-state index in [1.165, 1.54) is 24.3 Å². The van der Waals surface area contributed by atoms with Gasteiger partial charge in [0.2, 0.25) is 5.91 Å². The summed E-state index contributed by atoms with van der Waals surface area (Å²) < 4.78 is 62.0. The zero-order valence-electron chi connectivity index (χ0n) is 11.6. The van der Waals surface area contributed by atoms with Gasteiger partial charge in [-0.15, -0.1) is 0 Å². The topological polar surface area (TPSA) is 63.2 Å². The lowest BCUT2D eigenvalue weighted by Gasteiger charge is -2.21. The third kappa shape index (κ3) is 4.46. The monoisotopic (exact) mass is 335 g/mol. The minimum Gasteiger partial charge on any atom is -0.352 e. The molecular formula is C14H16F3NO3S. The lowest BCUT2D eigenvalue weighted by Crippen LogP contribution is -2.38. The molecule has 0 spiro atoms. The second kappa shape index (κ2) is 6.28. The molecule has 1 amide bonds. The fourth-order valence-electron chi connectivity index (χ4n) is 2.49. The molecule has 4 nitrogen and oxygen atoms in total. The molecule has 0 unspecified atom stereocenters. The van der Waals surface area contributed by atoms with E-state index >= 15 is 0 Å². The Kier molecular flexibility index (Phi) is 4.79. The molecule has 2 atom stereocenters. The van der Waals surface area contributed by atoms with E-state index in [0.29, 0.717) is 0 Å². The van der Waals surface area contributed by atoms with Crippen molar-refractivity contribution in [2.24, 2.45) is 0 Å². The van der Waals surface area contributed by atoms with Crippen molar-refractivity contribution in [1.29, 1.82) is 0 Å². The van der Waals surface area contributed by atoms with Crippen LogP contribution in [0.5, 0.6) is 0 Å². The minimum absolute atomic E-state index is 0.0178. The molecule has 1 saturated heterocycles. The third-order valence-electron chi connectivity index (χ3n) is 3.58. The molecule has 22 heavy (non-hydrogen) atoms. The number of amides is 1. The Morgan fingerprint density at radius 1 is 1.27 bits per heavy atom. The van der Waals surface area contributed by atoms with Crippen molar-refractivity contribution in [2.75, 3.05) is 11.5 Å². The van der Waals surface area contributed by atoms with Gasteiger partial charge < -0.3 is 5.32 Å². The predicted octanol–water partition coefficient (Wildman–Crippen LogP) is 2.03. The molecule has 1 aliphatic rings. The smallest absolute Gasteiger partial charge is 0.352 e. The van der Waals surface area contributed by atoms with Crippen molar-refractivity contribution in [2.45, 2.75) is 31.0 Å². The molecule has 1 fully saturated rings. The molecule has 1 N–H and O–H groups in total. The van der Waals surface area contributed by atoms with Gasteiger partial charge in [-0.25, -0.2) is 8.42 Å². The van der Waals surface area contributed by atoms with Gasteiger partial charge >= 0.3 is 6.18 Å². The van der Waals surface area contributed by atoms with Gasteiger partial charge in [0.15, 0.2) is 9.84 Å². The Hall–Kier alpha value is -1.57. The largest absolute Gasteiger partial charge is 0.396 e. The summed E-state index contributed by atoms with van der Waals surface area (Å²) in [4.78, 5) is 11.8. The van der Waals surface area contributed by atoms with E-state index in [4.69, 9.17) is 0 Å². The first-order valence-electron chi connectivity index (χ1n) is 6.79. The summed E-state index contributed by atoms with van der Waals surface area (Å²) in [6.45, 7) is 0. The van der Waals surface area contributed by atoms with E-state index in [1.807, 2.05) is 0 Å². The first-order chi connectivity index (χ1) is 10.2. The predicted molar refractivity (Wildman–Crippen MR) is 75.1 cm³/mol. The SMILES string of the molecule is O=C(C[C@@H](c1ccccc1)C(F)(F)F)N[C@@H]1CCS(=O)(=O)C1. The highest BCUT2D eigenvalue weighted by Gasteiger charge is 2.42. The summed E-state index contributed by atoms with van der Waals surface area (Å²) in [5.41, 5.74) is 0.0178. The summed E-state index contributed by atoms with van der Waals surface area (Å²) >= 11 is 0. The van der Waals surface area contributed by atoms with Crippen LogP contribution in [0.1, 0.15) is 24.3 Å². The first-order valence-corrected chi connectivity index (χ1v) is 8.61. The second-order valence-corrected chi connectivity index (χ2v) is 7.61. The van der Waals surface area contributed by atoms with E-state index in [1.54, 1.807) is 6.07 Å². The van der Waals surface area contributed by atoms with E-state index in [2.05, 4.69) is 5.32 Å². The molecule has 0 saturated carbocycles. The van der Waals surface area contributed by atoms with E-state index in [9.17, 15) is 26.4 Å². The molecule has 0 radical (unpaired) electrons. The highest BCUT2D eigenvalue weighted by Crippen LogP contribution is 2.37. The molecular weight excluding hydrogens is 319 g/mol. The Bertz CT molecular complexity index is 628. The van der Waals surface area contributed by atoms with E-state index < -0.39 is 40.3 Å². The van der Waals surface area contributed by atoms with Crippen molar-refractivity contribution in [3.63, 3.8) is 0 Å². The van der Waals surface area contributed by atoms with Crippen LogP contribution < -0.4 is 5.32 Å². The van der Waals surface area contributed by atoms with Crippen LogP contribution in [-0.2, 0) is 14.6 Å². The number of carbonyl (C=O) groups excluding carboxylic acids is 1. The number of hydrogen-bond donors (Lipinski definition) is 1. The minimum atomic E-state index is -4.54. The van der Waals surface area contributed by atoms with Gasteiger partial charge in [-0.05, 0) is 12.0 Å². The fourth-order valence-corrected chi connectivity index (χ4v) is 4.16. The molecule has 122 valence electrons. The molecule has 8 heteroatoms. The molecule has 0 aliphatic carbocycles. The molecule has 1 aromatic carbocycles. The van der Waals surface area contributed by atoms with Gasteiger partial charge in [-0.3, -0.25) is 4.79 Å². The average molecular weight is 335 g/mol. The van der Waals surface area contributed by atoms with Crippen molar-refractivity contribution in [1.82, 2.24) is 5.32 Å². The van der Waals surface area contributed by atoms with Crippen LogP contribution in [-0.4, -0.2) is 38.0 Å². The van der Waals surface area contributed by atoms with Crippen LogP contribution in [0.2, 0.25) is 0 Å². The molecule has 1 heterocycles. The lowest BCUT2D eigenvalue weighted by atomic mass is 9.94. The van der Waals surface area contributed by atoms with Crippen LogP contribution in [0.15, 0.2) is 30.3 Å². The highest BCUT2D eigenvalue weighted by molar-refractivity contribution is 7.91. The van der Waals surface area contributed by atoms with Crippen LogP contribution in [0.25, 0.3) is 0 Å². The zero-order valence-corrected chi connectivity index (χ0v) is 12.5. The Morgan fingerprint density at radius 2 is 1.91 bits per heavy atom. The normalized spacial score (nSPS) is 22.2. The van der Waals surface area contributed by atoms with Crippen LogP contribution in [0, 0.1) is 0 Å². The van der Waals surface area contributed by atoms with Gasteiger partial charge in [-0.1, -0.05) is 30.3 Å². The molecule has 1 aromatic rings. The average Bonchev–Trinajstić information content (AvgIpc) is 2.75. The van der Waals surface area contributed by atoms with Gasteiger partial charge in [-0.2, -0.15) is 13.2 Å². The fraction of sp³-hybridized carbons (Fsp3) is 0.500. The van der Waals surface area contributed by atoms with Crippen LogP contribution in [0.4, 0.5) is 13.2 Å². The van der Waals surface area contributed by atoms with E-state index in [0.717, 1.165) is 0 Å². The standard InChI is InChI=1S/C14H16F3NO3S/c15-14(16,17)12(10-4-2-1-3-5-10)8-13(19)18-11-6-7-22(20,21)9-11/h1-5,11-12H,6-9H2,(H,18,19)/t11-,12+/m1/s1. The number of carbonyl (C=O) groups is 1. The zero-order chi connectivity index (χ0) is 16.4. The maximum absolute atomic E-state index is 13.1. The number of sulfone groups is 1.